The lowest BCUT2D eigenvalue weighted by atomic mass is 10.1. The second-order valence-electron chi connectivity index (χ2n) is 5.21. The summed E-state index contributed by atoms with van der Waals surface area (Å²) in [5, 5.41) is 9.05. The number of hydrogen-bond acceptors (Lipinski definition) is 6. The van der Waals surface area contributed by atoms with E-state index in [4.69, 9.17) is 19.5 Å². The fraction of sp³-hybridized carbons (Fsp3) is 0.500. The number of hydrogen-bond donors (Lipinski definition) is 1. The number of benzene rings is 1. The zero-order valence-electron chi connectivity index (χ0n) is 11.9. The molecule has 0 aromatic heterocycles. The highest BCUT2D eigenvalue weighted by molar-refractivity contribution is 7.89. The quantitative estimate of drug-likeness (QED) is 0.838. The van der Waals surface area contributed by atoms with Crippen LogP contribution >= 0.6 is 0 Å². The average Bonchev–Trinajstić information content (AvgIpc) is 3.09. The molecule has 0 bridgehead atoms. The molecule has 3 rings (SSSR count). The van der Waals surface area contributed by atoms with E-state index in [1.807, 2.05) is 6.07 Å². The Morgan fingerprint density at radius 1 is 1.27 bits per heavy atom. The molecule has 4 atom stereocenters. The lowest BCUT2D eigenvalue weighted by Gasteiger charge is -2.18. The Hall–Kier alpha value is -1.50. The average molecular weight is 324 g/mol. The van der Waals surface area contributed by atoms with Gasteiger partial charge in [-0.3, -0.25) is 0 Å². The predicted octanol–water partition coefficient (Wildman–Crippen LogP) is 0.0178. The number of ether oxygens (including phenoxy) is 3. The van der Waals surface area contributed by atoms with Crippen LogP contribution in [0.4, 0.5) is 0 Å². The van der Waals surface area contributed by atoms with Gasteiger partial charge in [0.25, 0.3) is 0 Å². The van der Waals surface area contributed by atoms with Gasteiger partial charge >= 0.3 is 0 Å². The van der Waals surface area contributed by atoms with Crippen molar-refractivity contribution in [2.75, 3.05) is 20.3 Å². The molecular formula is C14H16N2O5S. The highest BCUT2D eigenvalue weighted by atomic mass is 32.2. The molecule has 1 N–H and O–H groups in total. The van der Waals surface area contributed by atoms with E-state index in [2.05, 4.69) is 4.72 Å². The minimum atomic E-state index is -3.82. The van der Waals surface area contributed by atoms with E-state index in [1.165, 1.54) is 12.1 Å². The van der Waals surface area contributed by atoms with Gasteiger partial charge in [0.05, 0.1) is 29.7 Å². The van der Waals surface area contributed by atoms with Gasteiger partial charge in [-0.2, -0.15) is 5.26 Å². The molecule has 0 spiro atoms. The van der Waals surface area contributed by atoms with Crippen LogP contribution in [0.5, 0.6) is 0 Å². The SMILES string of the molecule is COC1COC2C(NS(=O)(=O)c3ccccc3C#N)COC12. The van der Waals surface area contributed by atoms with Crippen LogP contribution in [0.1, 0.15) is 5.56 Å². The van der Waals surface area contributed by atoms with E-state index in [0.717, 1.165) is 0 Å². The lowest BCUT2D eigenvalue weighted by Crippen LogP contribution is -2.44. The first-order valence-corrected chi connectivity index (χ1v) is 8.32. The van der Waals surface area contributed by atoms with Crippen molar-refractivity contribution >= 4 is 10.0 Å². The summed E-state index contributed by atoms with van der Waals surface area (Å²) < 4.78 is 44.0. The summed E-state index contributed by atoms with van der Waals surface area (Å²) in [7, 11) is -2.25. The van der Waals surface area contributed by atoms with Crippen LogP contribution in [0.15, 0.2) is 29.2 Å². The summed E-state index contributed by atoms with van der Waals surface area (Å²) in [6.07, 6.45) is -0.844. The first-order chi connectivity index (χ1) is 10.6. The van der Waals surface area contributed by atoms with Crippen molar-refractivity contribution in [2.45, 2.75) is 29.2 Å². The van der Waals surface area contributed by atoms with Gasteiger partial charge in [-0.15, -0.1) is 0 Å². The Kier molecular flexibility index (Phi) is 4.16. The molecule has 2 heterocycles. The summed E-state index contributed by atoms with van der Waals surface area (Å²) in [5.74, 6) is 0. The minimum absolute atomic E-state index is 0.0396. The lowest BCUT2D eigenvalue weighted by molar-refractivity contribution is -0.00795. The molecule has 0 saturated carbocycles. The number of nitriles is 1. The third-order valence-electron chi connectivity index (χ3n) is 3.91. The van der Waals surface area contributed by atoms with Crippen LogP contribution in [0.3, 0.4) is 0 Å². The maximum Gasteiger partial charge on any atom is 0.242 e. The molecule has 4 unspecified atom stereocenters. The number of nitrogens with zero attached hydrogens (tertiary/aromatic N) is 1. The smallest absolute Gasteiger partial charge is 0.242 e. The number of nitrogens with one attached hydrogen (secondary N) is 1. The van der Waals surface area contributed by atoms with E-state index in [-0.39, 0.29) is 35.4 Å². The molecule has 22 heavy (non-hydrogen) atoms. The van der Waals surface area contributed by atoms with E-state index in [9.17, 15) is 8.42 Å². The van der Waals surface area contributed by atoms with Crippen LogP contribution in [-0.4, -0.2) is 53.1 Å². The number of rotatable bonds is 4. The Morgan fingerprint density at radius 2 is 2.00 bits per heavy atom. The van der Waals surface area contributed by atoms with Crippen LogP contribution < -0.4 is 4.72 Å². The fourth-order valence-electron chi connectivity index (χ4n) is 2.82. The molecular weight excluding hydrogens is 308 g/mol. The third kappa shape index (κ3) is 2.62. The van der Waals surface area contributed by atoms with Crippen molar-refractivity contribution in [2.24, 2.45) is 0 Å². The van der Waals surface area contributed by atoms with Gasteiger partial charge in [-0.05, 0) is 12.1 Å². The van der Waals surface area contributed by atoms with Crippen LogP contribution in [0.2, 0.25) is 0 Å². The number of methoxy groups -OCH3 is 1. The van der Waals surface area contributed by atoms with Gasteiger partial charge in [0.1, 0.15) is 24.4 Å². The third-order valence-corrected chi connectivity index (χ3v) is 5.46. The van der Waals surface area contributed by atoms with E-state index in [0.29, 0.717) is 6.61 Å². The molecule has 118 valence electrons. The molecule has 8 heteroatoms. The second-order valence-corrected chi connectivity index (χ2v) is 6.89. The van der Waals surface area contributed by atoms with E-state index < -0.39 is 16.1 Å². The first-order valence-electron chi connectivity index (χ1n) is 6.84. The Morgan fingerprint density at radius 3 is 2.73 bits per heavy atom. The molecule has 0 aliphatic carbocycles. The molecule has 1 aromatic rings. The highest BCUT2D eigenvalue weighted by Gasteiger charge is 2.49. The molecule has 0 amide bonds. The fourth-order valence-corrected chi connectivity index (χ4v) is 4.21. The van der Waals surface area contributed by atoms with E-state index >= 15 is 0 Å². The van der Waals surface area contributed by atoms with Gasteiger partial charge < -0.3 is 14.2 Å². The van der Waals surface area contributed by atoms with Crippen molar-refractivity contribution in [1.29, 1.82) is 5.26 Å². The molecule has 2 aliphatic rings. The van der Waals surface area contributed by atoms with Crippen LogP contribution in [0.25, 0.3) is 0 Å². The Balaban J connectivity index is 1.80. The standard InChI is InChI=1S/C14H16N2O5S/c1-19-11-8-21-13-10(7-20-14(11)13)16-22(17,18)12-5-3-2-4-9(12)6-15/h2-5,10-11,13-14,16H,7-8H2,1H3. The van der Waals surface area contributed by atoms with Gasteiger partial charge in [-0.25, -0.2) is 13.1 Å². The summed E-state index contributed by atoms with van der Waals surface area (Å²) in [4.78, 5) is -0.0396. The molecule has 0 radical (unpaired) electrons. The molecule has 7 nitrogen and oxygen atoms in total. The summed E-state index contributed by atoms with van der Waals surface area (Å²) >= 11 is 0. The number of sulfonamides is 1. The largest absolute Gasteiger partial charge is 0.376 e. The number of fused-ring (bicyclic) bond motifs is 1. The van der Waals surface area contributed by atoms with Gasteiger partial charge in [0, 0.05) is 7.11 Å². The van der Waals surface area contributed by atoms with Crippen molar-refractivity contribution in [3.8, 4) is 6.07 Å². The summed E-state index contributed by atoms with van der Waals surface area (Å²) in [5.41, 5.74) is 0.104. The molecule has 2 saturated heterocycles. The van der Waals surface area contributed by atoms with Gasteiger partial charge in [-0.1, -0.05) is 12.1 Å². The van der Waals surface area contributed by atoms with Crippen LogP contribution in [-0.2, 0) is 24.2 Å². The van der Waals surface area contributed by atoms with Gasteiger partial charge in [0.15, 0.2) is 0 Å². The maximum atomic E-state index is 12.5. The normalized spacial score (nSPS) is 30.9. The Labute approximate surface area is 128 Å². The topological polar surface area (TPSA) is 97.6 Å². The predicted molar refractivity (Wildman–Crippen MR) is 75.5 cm³/mol. The molecule has 2 fully saturated rings. The molecule has 2 aliphatic heterocycles. The van der Waals surface area contributed by atoms with Crippen molar-refractivity contribution in [3.63, 3.8) is 0 Å². The van der Waals surface area contributed by atoms with Gasteiger partial charge in [0.2, 0.25) is 10.0 Å². The van der Waals surface area contributed by atoms with Crippen molar-refractivity contribution in [3.05, 3.63) is 29.8 Å². The highest BCUT2D eigenvalue weighted by Crippen LogP contribution is 2.29. The summed E-state index contributed by atoms with van der Waals surface area (Å²) in [6, 6.07) is 7.46. The zero-order chi connectivity index (χ0) is 15.7. The zero-order valence-corrected chi connectivity index (χ0v) is 12.7. The minimum Gasteiger partial charge on any atom is -0.376 e. The van der Waals surface area contributed by atoms with Crippen molar-refractivity contribution < 1.29 is 22.6 Å². The second kappa shape index (κ2) is 5.95. The first kappa shape index (κ1) is 15.4. The monoisotopic (exact) mass is 324 g/mol. The molecule has 1 aromatic carbocycles. The Bertz CT molecular complexity index is 699. The maximum absolute atomic E-state index is 12.5. The van der Waals surface area contributed by atoms with Crippen LogP contribution in [0, 0.1) is 11.3 Å². The van der Waals surface area contributed by atoms with Crippen molar-refractivity contribution in [1.82, 2.24) is 4.72 Å². The summed E-state index contributed by atoms with van der Waals surface area (Å²) in [6.45, 7) is 0.585. The van der Waals surface area contributed by atoms with E-state index in [1.54, 1.807) is 19.2 Å².